The molecule has 1 aliphatic carbocycles. The zero-order valence-corrected chi connectivity index (χ0v) is 16.6. The predicted octanol–water partition coefficient (Wildman–Crippen LogP) is 5.75. The van der Waals surface area contributed by atoms with Crippen molar-refractivity contribution in [1.29, 1.82) is 0 Å². The molecule has 0 bridgehead atoms. The molecule has 2 atom stereocenters. The molecule has 0 heterocycles. The monoisotopic (exact) mass is 355 g/mol. The Morgan fingerprint density at radius 2 is 1.56 bits per heavy atom. The minimum atomic E-state index is -0.147. The van der Waals surface area contributed by atoms with Crippen molar-refractivity contribution in [2.75, 3.05) is 7.05 Å². The van der Waals surface area contributed by atoms with Crippen LogP contribution in [0.4, 0.5) is 0 Å². The summed E-state index contributed by atoms with van der Waals surface area (Å²) >= 11 is 0. The molecule has 0 radical (unpaired) electrons. The number of benzene rings is 3. The maximum absolute atomic E-state index is 3.63. The molecule has 0 unspecified atom stereocenters. The topological polar surface area (TPSA) is 12.0 Å². The van der Waals surface area contributed by atoms with Gasteiger partial charge in [0.15, 0.2) is 0 Å². The number of rotatable bonds is 4. The molecular formula is C26H29N. The summed E-state index contributed by atoms with van der Waals surface area (Å²) in [5.74, 6) is 0.541. The number of hydrogen-bond acceptors (Lipinski definition) is 1. The van der Waals surface area contributed by atoms with Gasteiger partial charge in [0.1, 0.15) is 0 Å². The molecule has 4 rings (SSSR count). The van der Waals surface area contributed by atoms with E-state index in [0.29, 0.717) is 5.92 Å². The van der Waals surface area contributed by atoms with Crippen molar-refractivity contribution in [3.8, 4) is 0 Å². The number of fused-ring (bicyclic) bond motifs is 2. The lowest BCUT2D eigenvalue weighted by atomic mass is 9.81. The second-order valence-corrected chi connectivity index (χ2v) is 8.04. The van der Waals surface area contributed by atoms with Gasteiger partial charge in [0.25, 0.3) is 0 Å². The lowest BCUT2D eigenvalue weighted by molar-refractivity contribution is 0.481. The third-order valence-electron chi connectivity index (χ3n) is 6.36. The lowest BCUT2D eigenvalue weighted by Gasteiger charge is -2.32. The van der Waals surface area contributed by atoms with E-state index >= 15 is 0 Å². The fourth-order valence-electron chi connectivity index (χ4n) is 4.64. The summed E-state index contributed by atoms with van der Waals surface area (Å²) in [6.07, 6.45) is 3.40. The Kier molecular flexibility index (Phi) is 4.88. The number of aryl methyl sites for hydroxylation is 2. The quantitative estimate of drug-likeness (QED) is 0.628. The van der Waals surface area contributed by atoms with Gasteiger partial charge in [0.2, 0.25) is 0 Å². The van der Waals surface area contributed by atoms with Crippen molar-refractivity contribution in [3.63, 3.8) is 0 Å². The fraction of sp³-hybridized carbons (Fsp3) is 0.308. The maximum atomic E-state index is 3.63. The summed E-state index contributed by atoms with van der Waals surface area (Å²) in [5, 5.41) is 3.63. The Bertz CT molecular complexity index is 925. The zero-order chi connectivity index (χ0) is 18.9. The maximum Gasteiger partial charge on any atom is 0.0664 e. The third kappa shape index (κ3) is 3.33. The number of hydrogen-bond donors (Lipinski definition) is 1. The molecule has 0 aromatic heterocycles. The molecule has 3 aromatic carbocycles. The van der Waals surface area contributed by atoms with Crippen LogP contribution in [0.1, 0.15) is 52.6 Å². The van der Waals surface area contributed by atoms with E-state index in [4.69, 9.17) is 0 Å². The van der Waals surface area contributed by atoms with Crippen LogP contribution in [0.25, 0.3) is 0 Å². The van der Waals surface area contributed by atoms with Gasteiger partial charge in [-0.2, -0.15) is 0 Å². The first-order valence-electron chi connectivity index (χ1n) is 10.0. The summed E-state index contributed by atoms with van der Waals surface area (Å²) in [5.41, 5.74) is 8.43. The van der Waals surface area contributed by atoms with Gasteiger partial charge in [0.05, 0.1) is 5.54 Å². The standard InChI is InChI=1S/C26H29N/c1-19-12-14-20(15-13-19)16-17-21-18-22-8-4-6-10-24(22)26(2,27-3)25-11-7-5-9-23(21)25/h4-15,21,27H,16-18H2,1-3H3/t21-,26+/m0/s1. The van der Waals surface area contributed by atoms with Crippen molar-refractivity contribution >= 4 is 0 Å². The smallest absolute Gasteiger partial charge is 0.0664 e. The molecule has 0 fully saturated rings. The van der Waals surface area contributed by atoms with E-state index in [1.165, 1.54) is 39.8 Å². The van der Waals surface area contributed by atoms with E-state index in [2.05, 4.69) is 99.0 Å². The van der Waals surface area contributed by atoms with Gasteiger partial charge >= 0.3 is 0 Å². The first-order valence-corrected chi connectivity index (χ1v) is 10.0. The molecular weight excluding hydrogens is 326 g/mol. The molecule has 1 heteroatoms. The first kappa shape index (κ1) is 18.0. The van der Waals surface area contributed by atoms with Gasteiger partial charge < -0.3 is 5.32 Å². The Hall–Kier alpha value is -2.38. The molecule has 27 heavy (non-hydrogen) atoms. The van der Waals surface area contributed by atoms with Crippen molar-refractivity contribution < 1.29 is 0 Å². The molecule has 1 aliphatic rings. The van der Waals surface area contributed by atoms with Crippen LogP contribution in [-0.2, 0) is 18.4 Å². The highest BCUT2D eigenvalue weighted by atomic mass is 14.9. The Labute approximate surface area is 163 Å². The highest BCUT2D eigenvalue weighted by Gasteiger charge is 2.36. The van der Waals surface area contributed by atoms with Crippen molar-refractivity contribution in [2.24, 2.45) is 0 Å². The summed E-state index contributed by atoms with van der Waals surface area (Å²) < 4.78 is 0. The molecule has 0 saturated heterocycles. The van der Waals surface area contributed by atoms with E-state index in [1.54, 1.807) is 0 Å². The Balaban J connectivity index is 1.74. The van der Waals surface area contributed by atoms with E-state index in [0.717, 1.165) is 12.8 Å². The predicted molar refractivity (Wildman–Crippen MR) is 114 cm³/mol. The normalized spacial score (nSPS) is 21.2. The summed E-state index contributed by atoms with van der Waals surface area (Å²) in [6, 6.07) is 27.0. The van der Waals surface area contributed by atoms with Crippen LogP contribution in [0.2, 0.25) is 0 Å². The van der Waals surface area contributed by atoms with Crippen LogP contribution in [0, 0.1) is 6.92 Å². The second kappa shape index (κ2) is 7.32. The van der Waals surface area contributed by atoms with Gasteiger partial charge in [0, 0.05) is 0 Å². The largest absolute Gasteiger partial charge is 0.307 e. The van der Waals surface area contributed by atoms with Crippen LogP contribution in [-0.4, -0.2) is 7.05 Å². The van der Waals surface area contributed by atoms with E-state index < -0.39 is 0 Å². The van der Waals surface area contributed by atoms with Crippen molar-refractivity contribution in [1.82, 2.24) is 5.32 Å². The van der Waals surface area contributed by atoms with Crippen LogP contribution in [0.15, 0.2) is 72.8 Å². The molecule has 1 N–H and O–H groups in total. The lowest BCUT2D eigenvalue weighted by Crippen LogP contribution is -2.38. The van der Waals surface area contributed by atoms with Crippen LogP contribution >= 0.6 is 0 Å². The molecule has 3 aromatic rings. The molecule has 0 aliphatic heterocycles. The Morgan fingerprint density at radius 1 is 0.889 bits per heavy atom. The first-order chi connectivity index (χ1) is 13.1. The van der Waals surface area contributed by atoms with Gasteiger partial charge in [-0.15, -0.1) is 0 Å². The minimum Gasteiger partial charge on any atom is -0.307 e. The van der Waals surface area contributed by atoms with Crippen LogP contribution < -0.4 is 5.32 Å². The average Bonchev–Trinajstić information content (AvgIpc) is 2.82. The molecule has 0 saturated carbocycles. The second-order valence-electron chi connectivity index (χ2n) is 8.04. The fourth-order valence-corrected chi connectivity index (χ4v) is 4.64. The minimum absolute atomic E-state index is 0.147. The van der Waals surface area contributed by atoms with Gasteiger partial charge in [-0.3, -0.25) is 0 Å². The summed E-state index contributed by atoms with van der Waals surface area (Å²) in [4.78, 5) is 0. The van der Waals surface area contributed by atoms with Crippen LogP contribution in [0.3, 0.4) is 0 Å². The van der Waals surface area contributed by atoms with Crippen molar-refractivity contribution in [3.05, 3.63) is 106 Å². The molecule has 1 nitrogen and oxygen atoms in total. The average molecular weight is 356 g/mol. The van der Waals surface area contributed by atoms with Crippen molar-refractivity contribution in [2.45, 2.75) is 44.6 Å². The molecule has 0 amide bonds. The van der Waals surface area contributed by atoms with Gasteiger partial charge in [-0.1, -0.05) is 78.4 Å². The zero-order valence-electron chi connectivity index (χ0n) is 16.6. The highest BCUT2D eigenvalue weighted by Crippen LogP contribution is 2.42. The van der Waals surface area contributed by atoms with Crippen LogP contribution in [0.5, 0.6) is 0 Å². The summed E-state index contributed by atoms with van der Waals surface area (Å²) in [6.45, 7) is 4.48. The van der Waals surface area contributed by atoms with Gasteiger partial charge in [-0.05, 0) is 73.9 Å². The highest BCUT2D eigenvalue weighted by molar-refractivity contribution is 5.50. The van der Waals surface area contributed by atoms with Gasteiger partial charge in [-0.25, -0.2) is 0 Å². The summed E-state index contributed by atoms with van der Waals surface area (Å²) in [7, 11) is 2.08. The third-order valence-corrected chi connectivity index (χ3v) is 6.36. The molecule has 0 spiro atoms. The van der Waals surface area contributed by atoms with E-state index in [-0.39, 0.29) is 5.54 Å². The molecule has 138 valence electrons. The number of nitrogens with one attached hydrogen (secondary N) is 1. The SMILES string of the molecule is CN[C@]1(C)c2ccccc2C[C@H](CCc2ccc(C)cc2)c2ccccc21. The Morgan fingerprint density at radius 3 is 2.30 bits per heavy atom. The van der Waals surface area contributed by atoms with E-state index in [1.807, 2.05) is 0 Å². The van der Waals surface area contributed by atoms with E-state index in [9.17, 15) is 0 Å².